The largest absolute Gasteiger partial charge is 0.480 e. The highest BCUT2D eigenvalue weighted by Crippen LogP contribution is 2.19. The molecule has 0 bridgehead atoms. The van der Waals surface area contributed by atoms with E-state index in [1.165, 1.54) is 17.0 Å². The Morgan fingerprint density at radius 3 is 2.60 bits per heavy atom. The van der Waals surface area contributed by atoms with Crippen LogP contribution in [-0.2, 0) is 9.53 Å². The smallest absolute Gasteiger partial charge is 0.414 e. The molecule has 1 aliphatic heterocycles. The van der Waals surface area contributed by atoms with Gasteiger partial charge in [0.15, 0.2) is 0 Å². The van der Waals surface area contributed by atoms with Crippen LogP contribution >= 0.6 is 0 Å². The summed E-state index contributed by atoms with van der Waals surface area (Å²) < 4.78 is 4.93. The van der Waals surface area contributed by atoms with E-state index in [2.05, 4.69) is 5.32 Å². The highest BCUT2D eigenvalue weighted by molar-refractivity contribution is 5.96. The molecule has 7 nitrogen and oxygen atoms in total. The van der Waals surface area contributed by atoms with Crippen LogP contribution in [0.15, 0.2) is 24.3 Å². The molecule has 1 saturated heterocycles. The van der Waals surface area contributed by atoms with Gasteiger partial charge in [-0.15, -0.1) is 0 Å². The number of carboxylic acid groups (broad SMARTS) is 1. The van der Waals surface area contributed by atoms with Crippen molar-refractivity contribution in [3.8, 4) is 0 Å². The van der Waals surface area contributed by atoms with Crippen LogP contribution in [0.2, 0.25) is 0 Å². The highest BCUT2D eigenvalue weighted by Gasteiger charge is 2.21. The summed E-state index contributed by atoms with van der Waals surface area (Å²) in [5.74, 6) is -1.58. The maximum atomic E-state index is 11.6. The van der Waals surface area contributed by atoms with Crippen molar-refractivity contribution in [3.63, 3.8) is 0 Å². The topological polar surface area (TPSA) is 95.9 Å². The first-order valence-electron chi connectivity index (χ1n) is 6.12. The molecule has 1 fully saturated rings. The van der Waals surface area contributed by atoms with Gasteiger partial charge in [0, 0.05) is 17.8 Å². The van der Waals surface area contributed by atoms with Crippen molar-refractivity contribution in [1.29, 1.82) is 0 Å². The summed E-state index contributed by atoms with van der Waals surface area (Å²) in [7, 11) is 0. The molecule has 106 valence electrons. The van der Waals surface area contributed by atoms with Crippen LogP contribution in [-0.4, -0.2) is 42.8 Å². The number of rotatable bonds is 4. The first kappa shape index (κ1) is 13.9. The second-order valence-electron chi connectivity index (χ2n) is 4.24. The summed E-state index contributed by atoms with van der Waals surface area (Å²) in [5.41, 5.74) is 0.977. The van der Waals surface area contributed by atoms with Crippen molar-refractivity contribution < 1.29 is 24.2 Å². The van der Waals surface area contributed by atoms with E-state index in [-0.39, 0.29) is 0 Å². The highest BCUT2D eigenvalue weighted by atomic mass is 16.6. The van der Waals surface area contributed by atoms with Crippen LogP contribution in [0.5, 0.6) is 0 Å². The lowest BCUT2D eigenvalue weighted by molar-refractivity contribution is -0.135. The number of carboxylic acids is 1. The normalized spacial score (nSPS) is 14.6. The predicted molar refractivity (Wildman–Crippen MR) is 69.7 cm³/mol. The molecular weight excluding hydrogens is 264 g/mol. The Labute approximate surface area is 115 Å². The Morgan fingerprint density at radius 2 is 2.00 bits per heavy atom. The summed E-state index contributed by atoms with van der Waals surface area (Å²) in [6, 6.07) is 6.33. The number of nitrogens with one attached hydrogen (secondary N) is 1. The lowest BCUT2D eigenvalue weighted by Gasteiger charge is -2.26. The lowest BCUT2D eigenvalue weighted by atomic mass is 10.1. The summed E-state index contributed by atoms with van der Waals surface area (Å²) >= 11 is 0. The number of amides is 2. The standard InChI is InChI=1S/C13H14N2O5/c16-11(17)8-14-12(18)9-2-4-10(5-3-9)15-6-1-7-20-13(15)19/h2-5H,1,6-8H2,(H,14,18)(H,16,17). The third-order valence-electron chi connectivity index (χ3n) is 2.81. The molecule has 20 heavy (non-hydrogen) atoms. The zero-order valence-corrected chi connectivity index (χ0v) is 10.7. The average molecular weight is 278 g/mol. The molecule has 2 rings (SSSR count). The molecule has 0 atom stereocenters. The van der Waals surface area contributed by atoms with Crippen molar-refractivity contribution in [2.45, 2.75) is 6.42 Å². The zero-order chi connectivity index (χ0) is 14.5. The van der Waals surface area contributed by atoms with Gasteiger partial charge in [-0.25, -0.2) is 4.79 Å². The zero-order valence-electron chi connectivity index (χ0n) is 10.7. The number of anilines is 1. The minimum absolute atomic E-state index is 0.334. The fourth-order valence-corrected chi connectivity index (χ4v) is 1.84. The Morgan fingerprint density at radius 1 is 1.30 bits per heavy atom. The quantitative estimate of drug-likeness (QED) is 0.851. The van der Waals surface area contributed by atoms with Gasteiger partial charge in [0.1, 0.15) is 6.54 Å². The second-order valence-corrected chi connectivity index (χ2v) is 4.24. The van der Waals surface area contributed by atoms with Gasteiger partial charge in [-0.2, -0.15) is 0 Å². The van der Waals surface area contributed by atoms with E-state index in [4.69, 9.17) is 9.84 Å². The molecule has 7 heteroatoms. The van der Waals surface area contributed by atoms with Gasteiger partial charge >= 0.3 is 12.1 Å². The monoisotopic (exact) mass is 278 g/mol. The van der Waals surface area contributed by atoms with Gasteiger partial charge in [0.05, 0.1) is 6.61 Å². The summed E-state index contributed by atoms with van der Waals surface area (Å²) in [5, 5.41) is 10.7. The summed E-state index contributed by atoms with van der Waals surface area (Å²) in [4.78, 5) is 35.0. The van der Waals surface area contributed by atoms with E-state index in [0.29, 0.717) is 24.4 Å². The Bertz CT molecular complexity index is 526. The molecule has 1 heterocycles. The number of cyclic esters (lactones) is 1. The Balaban J connectivity index is 2.04. The fraction of sp³-hybridized carbons (Fsp3) is 0.308. The average Bonchev–Trinajstić information content (AvgIpc) is 2.45. The van der Waals surface area contributed by atoms with E-state index in [0.717, 1.165) is 6.42 Å². The van der Waals surface area contributed by atoms with Crippen molar-refractivity contribution in [3.05, 3.63) is 29.8 Å². The van der Waals surface area contributed by atoms with Gasteiger partial charge in [-0.3, -0.25) is 14.5 Å². The maximum Gasteiger partial charge on any atom is 0.414 e. The molecule has 0 aliphatic carbocycles. The van der Waals surface area contributed by atoms with Crippen molar-refractivity contribution >= 4 is 23.7 Å². The summed E-state index contributed by atoms with van der Waals surface area (Å²) in [6.45, 7) is 0.563. The third kappa shape index (κ3) is 3.25. The number of aliphatic carboxylic acids is 1. The molecule has 2 N–H and O–H groups in total. The molecule has 1 aromatic rings. The number of nitrogens with zero attached hydrogens (tertiary/aromatic N) is 1. The Hall–Kier alpha value is -2.57. The van der Waals surface area contributed by atoms with Crippen LogP contribution in [0.3, 0.4) is 0 Å². The van der Waals surface area contributed by atoms with Gasteiger partial charge < -0.3 is 15.2 Å². The first-order chi connectivity index (χ1) is 9.58. The van der Waals surface area contributed by atoms with E-state index in [1.807, 2.05) is 0 Å². The molecule has 2 amide bonds. The number of ether oxygens (including phenoxy) is 1. The molecule has 0 unspecified atom stereocenters. The van der Waals surface area contributed by atoms with Gasteiger partial charge in [-0.1, -0.05) is 0 Å². The molecule has 1 aliphatic rings. The van der Waals surface area contributed by atoms with E-state index < -0.39 is 24.5 Å². The molecule has 1 aromatic carbocycles. The number of hydrogen-bond donors (Lipinski definition) is 2. The second kappa shape index (κ2) is 6.05. The predicted octanol–water partition coefficient (Wildman–Crippen LogP) is 0.848. The third-order valence-corrected chi connectivity index (χ3v) is 2.81. The minimum atomic E-state index is -1.11. The van der Waals surface area contributed by atoms with Crippen LogP contribution < -0.4 is 10.2 Å². The number of hydrogen-bond acceptors (Lipinski definition) is 4. The van der Waals surface area contributed by atoms with Crippen molar-refractivity contribution in [2.24, 2.45) is 0 Å². The minimum Gasteiger partial charge on any atom is -0.480 e. The van der Waals surface area contributed by atoms with Crippen molar-refractivity contribution in [1.82, 2.24) is 5.32 Å². The van der Waals surface area contributed by atoms with Crippen LogP contribution in [0, 0.1) is 0 Å². The SMILES string of the molecule is O=C(O)CNC(=O)c1ccc(N2CCCOC2=O)cc1. The molecular formula is C13H14N2O5. The molecule has 0 aromatic heterocycles. The first-order valence-corrected chi connectivity index (χ1v) is 6.12. The van der Waals surface area contributed by atoms with Crippen LogP contribution in [0.25, 0.3) is 0 Å². The van der Waals surface area contributed by atoms with Crippen LogP contribution in [0.1, 0.15) is 16.8 Å². The van der Waals surface area contributed by atoms with Gasteiger partial charge in [0.2, 0.25) is 0 Å². The molecule has 0 spiro atoms. The fourth-order valence-electron chi connectivity index (χ4n) is 1.84. The van der Waals surface area contributed by atoms with Gasteiger partial charge in [-0.05, 0) is 30.7 Å². The lowest BCUT2D eigenvalue weighted by Crippen LogP contribution is -2.37. The maximum absolute atomic E-state index is 11.6. The van der Waals surface area contributed by atoms with E-state index >= 15 is 0 Å². The molecule has 0 saturated carbocycles. The molecule has 0 radical (unpaired) electrons. The number of carbonyl (C=O) groups is 3. The van der Waals surface area contributed by atoms with E-state index in [1.54, 1.807) is 12.1 Å². The number of carbonyl (C=O) groups excluding carboxylic acids is 2. The van der Waals surface area contributed by atoms with E-state index in [9.17, 15) is 14.4 Å². The Kier molecular flexibility index (Phi) is 4.19. The van der Waals surface area contributed by atoms with Gasteiger partial charge in [0.25, 0.3) is 5.91 Å². The number of benzene rings is 1. The van der Waals surface area contributed by atoms with Crippen molar-refractivity contribution in [2.75, 3.05) is 24.6 Å². The summed E-state index contributed by atoms with van der Waals surface area (Å²) in [6.07, 6.45) is 0.353. The van der Waals surface area contributed by atoms with Crippen LogP contribution in [0.4, 0.5) is 10.5 Å².